The molecule has 3 N–H and O–H groups in total. The molecule has 114 valence electrons. The summed E-state index contributed by atoms with van der Waals surface area (Å²) in [6, 6.07) is 14.7. The lowest BCUT2D eigenvalue weighted by atomic mass is 10.1. The summed E-state index contributed by atoms with van der Waals surface area (Å²) in [6.07, 6.45) is 0.983. The number of anilines is 1. The number of amides is 1. The highest BCUT2D eigenvalue weighted by Crippen LogP contribution is 2.14. The van der Waals surface area contributed by atoms with Crippen LogP contribution in [0.1, 0.15) is 22.8 Å². The van der Waals surface area contributed by atoms with E-state index < -0.39 is 0 Å². The molecule has 0 fully saturated rings. The molecule has 0 aliphatic rings. The minimum absolute atomic E-state index is 0.296. The van der Waals surface area contributed by atoms with Crippen molar-refractivity contribution in [2.75, 3.05) is 5.32 Å². The molecule has 0 aliphatic heterocycles. The Morgan fingerprint density at radius 3 is 2.41 bits per heavy atom. The molecule has 2 aromatic rings. The van der Waals surface area contributed by atoms with E-state index in [-0.39, 0.29) is 5.91 Å². The molecular formula is C16H16ClN3OS. The molecule has 0 atom stereocenters. The minimum atomic E-state index is -0.351. The molecule has 0 aromatic heterocycles. The van der Waals surface area contributed by atoms with E-state index in [1.807, 2.05) is 24.3 Å². The van der Waals surface area contributed by atoms with Gasteiger partial charge in [-0.15, -0.1) is 0 Å². The SMILES string of the molecule is CCc1ccc(NC(=S)NNC(=O)c2ccccc2Cl)cc1. The Balaban J connectivity index is 1.87. The number of hydrogen-bond donors (Lipinski definition) is 3. The van der Waals surface area contributed by atoms with Crippen molar-refractivity contribution in [1.82, 2.24) is 10.9 Å². The van der Waals surface area contributed by atoms with Crippen molar-refractivity contribution in [3.8, 4) is 0 Å². The van der Waals surface area contributed by atoms with Crippen molar-refractivity contribution in [1.29, 1.82) is 0 Å². The van der Waals surface area contributed by atoms with Crippen molar-refractivity contribution in [3.05, 3.63) is 64.7 Å². The van der Waals surface area contributed by atoms with Gasteiger partial charge in [0.05, 0.1) is 10.6 Å². The lowest BCUT2D eigenvalue weighted by Crippen LogP contribution is -2.43. The number of hydrazine groups is 1. The third-order valence-corrected chi connectivity index (χ3v) is 3.56. The number of carbonyl (C=O) groups is 1. The van der Waals surface area contributed by atoms with E-state index in [1.54, 1.807) is 24.3 Å². The maximum absolute atomic E-state index is 12.0. The molecule has 0 heterocycles. The normalized spacial score (nSPS) is 9.91. The second kappa shape index (κ2) is 7.77. The zero-order chi connectivity index (χ0) is 15.9. The molecule has 2 aromatic carbocycles. The first-order chi connectivity index (χ1) is 10.6. The zero-order valence-electron chi connectivity index (χ0n) is 12.0. The van der Waals surface area contributed by atoms with Gasteiger partial charge < -0.3 is 5.32 Å². The number of hydrogen-bond acceptors (Lipinski definition) is 2. The number of aryl methyl sites for hydroxylation is 1. The van der Waals surface area contributed by atoms with Crippen LogP contribution in [0.5, 0.6) is 0 Å². The number of rotatable bonds is 3. The van der Waals surface area contributed by atoms with Crippen molar-refractivity contribution >= 4 is 40.5 Å². The molecule has 0 bridgehead atoms. The van der Waals surface area contributed by atoms with Crippen LogP contribution in [-0.2, 0) is 6.42 Å². The molecule has 0 unspecified atom stereocenters. The molecule has 0 radical (unpaired) electrons. The Kier molecular flexibility index (Phi) is 5.75. The first-order valence-corrected chi connectivity index (χ1v) is 7.59. The summed E-state index contributed by atoms with van der Waals surface area (Å²) in [4.78, 5) is 12.0. The number of carbonyl (C=O) groups excluding carboxylic acids is 1. The van der Waals surface area contributed by atoms with Gasteiger partial charge in [-0.05, 0) is 48.5 Å². The van der Waals surface area contributed by atoms with Crippen LogP contribution in [0.3, 0.4) is 0 Å². The van der Waals surface area contributed by atoms with Crippen molar-refractivity contribution < 1.29 is 4.79 Å². The van der Waals surface area contributed by atoms with Crippen LogP contribution >= 0.6 is 23.8 Å². The summed E-state index contributed by atoms with van der Waals surface area (Å²) in [5, 5.41) is 3.67. The number of halogens is 1. The second-order valence-electron chi connectivity index (χ2n) is 4.56. The van der Waals surface area contributed by atoms with Crippen LogP contribution in [0.2, 0.25) is 5.02 Å². The van der Waals surface area contributed by atoms with Crippen LogP contribution in [0.25, 0.3) is 0 Å². The minimum Gasteiger partial charge on any atom is -0.331 e. The Morgan fingerprint density at radius 2 is 1.77 bits per heavy atom. The van der Waals surface area contributed by atoms with Crippen LogP contribution < -0.4 is 16.2 Å². The fourth-order valence-electron chi connectivity index (χ4n) is 1.81. The van der Waals surface area contributed by atoms with E-state index in [0.29, 0.717) is 15.7 Å². The summed E-state index contributed by atoms with van der Waals surface area (Å²) in [7, 11) is 0. The summed E-state index contributed by atoms with van der Waals surface area (Å²) in [5.74, 6) is -0.351. The van der Waals surface area contributed by atoms with Crippen molar-refractivity contribution in [2.45, 2.75) is 13.3 Å². The van der Waals surface area contributed by atoms with Crippen LogP contribution in [0, 0.1) is 0 Å². The van der Waals surface area contributed by atoms with Crippen LogP contribution in [0.15, 0.2) is 48.5 Å². The molecule has 0 aliphatic carbocycles. The van der Waals surface area contributed by atoms with Gasteiger partial charge in [0.15, 0.2) is 5.11 Å². The van der Waals surface area contributed by atoms with Gasteiger partial charge in [-0.2, -0.15) is 0 Å². The summed E-state index contributed by atoms with van der Waals surface area (Å²) in [5.41, 5.74) is 7.63. The smallest absolute Gasteiger partial charge is 0.271 e. The van der Waals surface area contributed by atoms with E-state index >= 15 is 0 Å². The Morgan fingerprint density at radius 1 is 1.09 bits per heavy atom. The summed E-state index contributed by atoms with van der Waals surface area (Å²) < 4.78 is 0. The predicted octanol–water partition coefficient (Wildman–Crippen LogP) is 3.53. The van der Waals surface area contributed by atoms with Crippen LogP contribution in [0.4, 0.5) is 5.69 Å². The fraction of sp³-hybridized carbons (Fsp3) is 0.125. The van der Waals surface area contributed by atoms with Crippen molar-refractivity contribution in [2.24, 2.45) is 0 Å². The highest BCUT2D eigenvalue weighted by Gasteiger charge is 2.09. The van der Waals surface area contributed by atoms with E-state index in [4.69, 9.17) is 23.8 Å². The maximum atomic E-state index is 12.0. The highest BCUT2D eigenvalue weighted by molar-refractivity contribution is 7.80. The maximum Gasteiger partial charge on any atom is 0.271 e. The molecule has 0 saturated carbocycles. The average Bonchev–Trinajstić information content (AvgIpc) is 2.54. The number of nitrogens with one attached hydrogen (secondary N) is 3. The lowest BCUT2D eigenvalue weighted by Gasteiger charge is -2.12. The molecule has 22 heavy (non-hydrogen) atoms. The molecule has 0 saturated heterocycles. The standard InChI is InChI=1S/C16H16ClN3OS/c1-2-11-7-9-12(10-8-11)18-16(22)20-19-15(21)13-5-3-4-6-14(13)17/h3-10H,2H2,1H3,(H,19,21)(H2,18,20,22). The van der Waals surface area contributed by atoms with Gasteiger partial charge in [0.25, 0.3) is 5.91 Å². The van der Waals surface area contributed by atoms with Gasteiger partial charge >= 0.3 is 0 Å². The highest BCUT2D eigenvalue weighted by atomic mass is 35.5. The average molecular weight is 334 g/mol. The topological polar surface area (TPSA) is 53.2 Å². The van der Waals surface area contributed by atoms with Gasteiger partial charge in [0.1, 0.15) is 0 Å². The molecule has 6 heteroatoms. The Bertz CT molecular complexity index is 673. The Labute approximate surface area is 139 Å². The first kappa shape index (κ1) is 16.3. The third kappa shape index (κ3) is 4.44. The van der Waals surface area contributed by atoms with Crippen LogP contribution in [-0.4, -0.2) is 11.0 Å². The van der Waals surface area contributed by atoms with E-state index in [9.17, 15) is 4.79 Å². The third-order valence-electron chi connectivity index (χ3n) is 3.03. The molecule has 0 spiro atoms. The van der Waals surface area contributed by atoms with E-state index in [0.717, 1.165) is 12.1 Å². The lowest BCUT2D eigenvalue weighted by molar-refractivity contribution is 0.0944. The molecule has 4 nitrogen and oxygen atoms in total. The van der Waals surface area contributed by atoms with Gasteiger partial charge in [-0.1, -0.05) is 42.8 Å². The van der Waals surface area contributed by atoms with Gasteiger partial charge in [-0.3, -0.25) is 15.6 Å². The van der Waals surface area contributed by atoms with Gasteiger partial charge in [0, 0.05) is 5.69 Å². The van der Waals surface area contributed by atoms with E-state index in [2.05, 4.69) is 23.1 Å². The summed E-state index contributed by atoms with van der Waals surface area (Å²) in [6.45, 7) is 2.10. The fourth-order valence-corrected chi connectivity index (χ4v) is 2.20. The van der Waals surface area contributed by atoms with Crippen molar-refractivity contribution in [3.63, 3.8) is 0 Å². The van der Waals surface area contributed by atoms with Gasteiger partial charge in [0.2, 0.25) is 0 Å². The number of thiocarbonyl (C=S) groups is 1. The number of benzene rings is 2. The monoisotopic (exact) mass is 333 g/mol. The first-order valence-electron chi connectivity index (χ1n) is 6.81. The largest absolute Gasteiger partial charge is 0.331 e. The Hall–Kier alpha value is -2.11. The zero-order valence-corrected chi connectivity index (χ0v) is 13.6. The summed E-state index contributed by atoms with van der Waals surface area (Å²) >= 11 is 11.1. The second-order valence-corrected chi connectivity index (χ2v) is 5.38. The molecular weight excluding hydrogens is 318 g/mol. The van der Waals surface area contributed by atoms with Gasteiger partial charge in [-0.25, -0.2) is 0 Å². The quantitative estimate of drug-likeness (QED) is 0.594. The predicted molar refractivity (Wildman–Crippen MR) is 94.1 cm³/mol. The molecule has 1 amide bonds. The van der Waals surface area contributed by atoms with E-state index in [1.165, 1.54) is 5.56 Å². The molecule has 2 rings (SSSR count).